The summed E-state index contributed by atoms with van der Waals surface area (Å²) in [6.07, 6.45) is -0.131. The molecule has 0 aromatic heterocycles. The van der Waals surface area contributed by atoms with Gasteiger partial charge in [0, 0.05) is 0 Å². The van der Waals surface area contributed by atoms with Crippen LogP contribution < -0.4 is 0 Å². The molecule has 3 unspecified atom stereocenters. The summed E-state index contributed by atoms with van der Waals surface area (Å²) in [5.41, 5.74) is 0. The Hall–Kier alpha value is -0.541. The third-order valence-electron chi connectivity index (χ3n) is 2.68. The predicted molar refractivity (Wildman–Crippen MR) is 49.8 cm³/mol. The minimum atomic E-state index is -0.440. The number of cyclic esters (lactones) is 1. The molecule has 1 heterocycles. The van der Waals surface area contributed by atoms with Crippen LogP contribution in [0.15, 0.2) is 0 Å². The standard InChI is InChI=1S/C9H13O4Se/c1-5-9(2,14)6(8(11)13-5)4-7(10)12-3/h5-6H,4H2,1-3H3. The van der Waals surface area contributed by atoms with Crippen LogP contribution >= 0.6 is 0 Å². The quantitative estimate of drug-likeness (QED) is 0.537. The van der Waals surface area contributed by atoms with Gasteiger partial charge in [-0.15, -0.1) is 0 Å². The van der Waals surface area contributed by atoms with Crippen molar-refractivity contribution in [1.29, 1.82) is 0 Å². The topological polar surface area (TPSA) is 52.6 Å². The average Bonchev–Trinajstić information content (AvgIpc) is 2.28. The first kappa shape index (κ1) is 11.5. The third kappa shape index (κ3) is 1.93. The molecule has 0 N–H and O–H groups in total. The van der Waals surface area contributed by atoms with Crippen LogP contribution in [0.5, 0.6) is 0 Å². The molecule has 0 bridgehead atoms. The van der Waals surface area contributed by atoms with Crippen LogP contribution in [0.2, 0.25) is 4.31 Å². The van der Waals surface area contributed by atoms with Gasteiger partial charge in [-0.1, -0.05) is 0 Å². The number of hydrogen-bond acceptors (Lipinski definition) is 4. The molecule has 1 aliphatic heterocycles. The van der Waals surface area contributed by atoms with Crippen LogP contribution in [0, 0.1) is 5.92 Å². The SMILES string of the molecule is COC(=O)CC1C(=O)OC(C)C1(C)[Se]. The van der Waals surface area contributed by atoms with Gasteiger partial charge < -0.3 is 0 Å². The minimum absolute atomic E-state index is 0.0726. The molecule has 0 aromatic rings. The number of rotatable bonds is 2. The second-order valence-corrected chi connectivity index (χ2v) is 5.44. The van der Waals surface area contributed by atoms with Gasteiger partial charge in [-0.05, 0) is 0 Å². The summed E-state index contributed by atoms with van der Waals surface area (Å²) in [5, 5.41) is 0. The van der Waals surface area contributed by atoms with E-state index in [1.807, 2.05) is 13.8 Å². The molecule has 1 saturated heterocycles. The summed E-state index contributed by atoms with van der Waals surface area (Å²) >= 11 is 2.92. The number of carbonyl (C=O) groups is 2. The summed E-state index contributed by atoms with van der Waals surface area (Å²) in [7, 11) is 1.31. The fourth-order valence-corrected chi connectivity index (χ4v) is 1.90. The molecule has 1 fully saturated rings. The molecule has 14 heavy (non-hydrogen) atoms. The first-order chi connectivity index (χ1) is 6.39. The van der Waals surface area contributed by atoms with Crippen molar-refractivity contribution in [2.24, 2.45) is 5.92 Å². The van der Waals surface area contributed by atoms with E-state index in [4.69, 9.17) is 4.74 Å². The zero-order valence-corrected chi connectivity index (χ0v) is 10.1. The molecule has 0 spiro atoms. The van der Waals surface area contributed by atoms with Crippen LogP contribution in [0.3, 0.4) is 0 Å². The van der Waals surface area contributed by atoms with Gasteiger partial charge in [0.05, 0.1) is 0 Å². The second-order valence-electron chi connectivity index (χ2n) is 3.60. The Morgan fingerprint density at radius 1 is 1.71 bits per heavy atom. The average molecular weight is 264 g/mol. The molecule has 1 aliphatic rings. The van der Waals surface area contributed by atoms with Crippen LogP contribution in [0.25, 0.3) is 0 Å². The number of esters is 2. The van der Waals surface area contributed by atoms with Crippen molar-refractivity contribution in [3.8, 4) is 0 Å². The van der Waals surface area contributed by atoms with Crippen LogP contribution in [0.1, 0.15) is 20.3 Å². The monoisotopic (exact) mass is 265 g/mol. The van der Waals surface area contributed by atoms with Gasteiger partial charge in [0.15, 0.2) is 0 Å². The molecule has 0 aliphatic carbocycles. The van der Waals surface area contributed by atoms with Gasteiger partial charge in [0.2, 0.25) is 0 Å². The van der Waals surface area contributed by atoms with Crippen LogP contribution in [-0.4, -0.2) is 41.2 Å². The van der Waals surface area contributed by atoms with E-state index in [-0.39, 0.29) is 24.5 Å². The van der Waals surface area contributed by atoms with E-state index in [2.05, 4.69) is 20.7 Å². The van der Waals surface area contributed by atoms with Gasteiger partial charge in [-0.25, -0.2) is 0 Å². The van der Waals surface area contributed by atoms with Crippen molar-refractivity contribution in [2.45, 2.75) is 30.7 Å². The molecule has 1 rings (SSSR count). The zero-order valence-electron chi connectivity index (χ0n) is 8.40. The fourth-order valence-electron chi connectivity index (χ4n) is 1.43. The molecular formula is C9H13O4Se. The van der Waals surface area contributed by atoms with Gasteiger partial charge in [0.1, 0.15) is 0 Å². The maximum absolute atomic E-state index is 11.4. The molecule has 5 heteroatoms. The fraction of sp³-hybridized carbons (Fsp3) is 0.778. The number of methoxy groups -OCH3 is 1. The van der Waals surface area contributed by atoms with Gasteiger partial charge >= 0.3 is 90.7 Å². The van der Waals surface area contributed by atoms with Crippen molar-refractivity contribution in [3.05, 3.63) is 0 Å². The van der Waals surface area contributed by atoms with E-state index in [0.717, 1.165) is 0 Å². The Morgan fingerprint density at radius 2 is 2.29 bits per heavy atom. The number of hydrogen-bond donors (Lipinski definition) is 0. The van der Waals surface area contributed by atoms with Gasteiger partial charge in [0.25, 0.3) is 0 Å². The Kier molecular flexibility index (Phi) is 3.22. The molecular weight excluding hydrogens is 251 g/mol. The zero-order chi connectivity index (χ0) is 10.9. The van der Waals surface area contributed by atoms with E-state index in [1.54, 1.807) is 0 Å². The first-order valence-electron chi connectivity index (χ1n) is 4.37. The van der Waals surface area contributed by atoms with E-state index < -0.39 is 10.2 Å². The van der Waals surface area contributed by atoms with E-state index in [0.29, 0.717) is 0 Å². The van der Waals surface area contributed by atoms with Crippen LogP contribution in [-0.2, 0) is 19.1 Å². The van der Waals surface area contributed by atoms with Gasteiger partial charge in [-0.3, -0.25) is 0 Å². The summed E-state index contributed by atoms with van der Waals surface area (Å²) in [4.78, 5) is 22.5. The molecule has 0 saturated carbocycles. The number of ether oxygens (including phenoxy) is 2. The molecule has 1 radical (unpaired) electrons. The molecule has 79 valence electrons. The Bertz CT molecular complexity index is 262. The third-order valence-corrected chi connectivity index (χ3v) is 3.97. The summed E-state index contributed by atoms with van der Waals surface area (Å²) in [6, 6.07) is 0. The van der Waals surface area contributed by atoms with E-state index in [1.165, 1.54) is 7.11 Å². The Labute approximate surface area is 91.1 Å². The second kappa shape index (κ2) is 3.91. The van der Waals surface area contributed by atoms with E-state index in [9.17, 15) is 9.59 Å². The van der Waals surface area contributed by atoms with Crippen molar-refractivity contribution in [1.82, 2.24) is 0 Å². The summed E-state index contributed by atoms with van der Waals surface area (Å²) in [6.45, 7) is 3.68. The predicted octanol–water partition coefficient (Wildman–Crippen LogP) is 0.458. The van der Waals surface area contributed by atoms with Gasteiger partial charge in [-0.2, -0.15) is 0 Å². The normalized spacial score (nSPS) is 36.7. The Balaban J connectivity index is 2.76. The molecule has 4 nitrogen and oxygen atoms in total. The summed E-state index contributed by atoms with van der Waals surface area (Å²) in [5.74, 6) is -1.16. The maximum atomic E-state index is 11.4. The van der Waals surface area contributed by atoms with Crippen molar-refractivity contribution >= 4 is 28.0 Å². The van der Waals surface area contributed by atoms with Crippen molar-refractivity contribution in [3.63, 3.8) is 0 Å². The number of carbonyl (C=O) groups excluding carboxylic acids is 2. The van der Waals surface area contributed by atoms with Crippen molar-refractivity contribution < 1.29 is 19.1 Å². The first-order valence-corrected chi connectivity index (χ1v) is 5.23. The van der Waals surface area contributed by atoms with Crippen LogP contribution in [0.4, 0.5) is 0 Å². The van der Waals surface area contributed by atoms with Crippen molar-refractivity contribution in [2.75, 3.05) is 7.11 Å². The van der Waals surface area contributed by atoms with E-state index >= 15 is 0 Å². The molecule has 0 amide bonds. The summed E-state index contributed by atoms with van der Waals surface area (Å²) < 4.78 is 9.16. The Morgan fingerprint density at radius 3 is 2.64 bits per heavy atom. The molecule has 3 atom stereocenters. The molecule has 0 aromatic carbocycles.